The van der Waals surface area contributed by atoms with E-state index in [1.165, 1.54) is 30.8 Å². The Morgan fingerprint density at radius 3 is 2.73 bits per heavy atom. The molecule has 1 N–H and O–H groups in total. The first kappa shape index (κ1) is 11.7. The molecule has 0 aromatic rings. The van der Waals surface area contributed by atoms with Crippen LogP contribution in [0.3, 0.4) is 0 Å². The fraction of sp³-hybridized carbons (Fsp3) is 1.00. The number of ether oxygens (including phenoxy) is 1. The second-order valence-electron chi connectivity index (χ2n) is 4.86. The smallest absolute Gasteiger partial charge is 0.0713 e. The van der Waals surface area contributed by atoms with Crippen LogP contribution in [0.25, 0.3) is 0 Å². The Hall–Kier alpha value is 0.230. The summed E-state index contributed by atoms with van der Waals surface area (Å²) in [5, 5.41) is 2.07. The van der Waals surface area contributed by atoms with Gasteiger partial charge in [-0.3, -0.25) is 10.4 Å². The van der Waals surface area contributed by atoms with Crippen LogP contribution in [-0.4, -0.2) is 48.9 Å². The summed E-state index contributed by atoms with van der Waals surface area (Å²) < 4.78 is 6.05. The van der Waals surface area contributed by atoms with Gasteiger partial charge in [0.1, 0.15) is 0 Å². The van der Waals surface area contributed by atoms with E-state index in [4.69, 9.17) is 4.74 Å². The Kier molecular flexibility index (Phi) is 3.93. The Labute approximate surface area is 96.9 Å². The number of thioether (sulfide) groups is 1. The maximum atomic E-state index is 6.05. The zero-order chi connectivity index (χ0) is 10.7. The van der Waals surface area contributed by atoms with Gasteiger partial charge >= 0.3 is 0 Å². The van der Waals surface area contributed by atoms with Crippen LogP contribution in [-0.2, 0) is 4.74 Å². The Balaban J connectivity index is 1.90. The highest BCUT2D eigenvalue weighted by Crippen LogP contribution is 2.37. The second kappa shape index (κ2) is 5.04. The molecule has 2 aliphatic rings. The van der Waals surface area contributed by atoms with Crippen molar-refractivity contribution >= 4 is 11.8 Å². The topological polar surface area (TPSA) is 24.5 Å². The van der Waals surface area contributed by atoms with Crippen LogP contribution < -0.4 is 5.43 Å². The van der Waals surface area contributed by atoms with Gasteiger partial charge in [-0.2, -0.15) is 11.8 Å². The second-order valence-corrected chi connectivity index (χ2v) is 6.08. The first-order chi connectivity index (χ1) is 7.20. The van der Waals surface area contributed by atoms with Gasteiger partial charge in [-0.05, 0) is 37.2 Å². The molecule has 2 saturated heterocycles. The number of nitrogens with one attached hydrogen (secondary N) is 1. The molecule has 0 bridgehead atoms. The zero-order valence-electron chi connectivity index (χ0n) is 9.79. The fourth-order valence-electron chi connectivity index (χ4n) is 2.59. The molecule has 4 heteroatoms. The number of rotatable bonds is 2. The summed E-state index contributed by atoms with van der Waals surface area (Å²) in [6.07, 6.45) is 4.81. The molecular weight excluding hydrogens is 208 g/mol. The Morgan fingerprint density at radius 1 is 1.33 bits per heavy atom. The van der Waals surface area contributed by atoms with Crippen LogP contribution in [0, 0.1) is 0 Å². The summed E-state index contributed by atoms with van der Waals surface area (Å²) in [5.41, 5.74) is 3.71. The molecule has 0 saturated carbocycles. The average molecular weight is 230 g/mol. The quantitative estimate of drug-likeness (QED) is 0.727. The van der Waals surface area contributed by atoms with E-state index in [-0.39, 0.29) is 5.60 Å². The van der Waals surface area contributed by atoms with Crippen molar-refractivity contribution in [1.82, 2.24) is 10.4 Å². The van der Waals surface area contributed by atoms with Crippen molar-refractivity contribution in [3.05, 3.63) is 0 Å². The van der Waals surface area contributed by atoms with Crippen molar-refractivity contribution in [2.75, 3.05) is 32.2 Å². The minimum atomic E-state index is 0.206. The lowest BCUT2D eigenvalue weighted by Crippen LogP contribution is -2.51. The summed E-state index contributed by atoms with van der Waals surface area (Å²) in [6, 6.07) is 0.608. The van der Waals surface area contributed by atoms with Crippen molar-refractivity contribution in [3.63, 3.8) is 0 Å². The minimum absolute atomic E-state index is 0.206. The maximum Gasteiger partial charge on any atom is 0.0713 e. The number of hydrogen-bond donors (Lipinski definition) is 1. The predicted octanol–water partition coefficient (Wildman–Crippen LogP) is 1.50. The van der Waals surface area contributed by atoms with E-state index in [9.17, 15) is 0 Å². The van der Waals surface area contributed by atoms with E-state index >= 15 is 0 Å². The van der Waals surface area contributed by atoms with Gasteiger partial charge in [0, 0.05) is 26.7 Å². The molecule has 0 aromatic heterocycles. The van der Waals surface area contributed by atoms with E-state index in [2.05, 4.69) is 36.3 Å². The van der Waals surface area contributed by atoms with Crippen LogP contribution in [0.4, 0.5) is 0 Å². The van der Waals surface area contributed by atoms with Crippen molar-refractivity contribution in [2.45, 2.75) is 37.3 Å². The molecule has 1 atom stereocenters. The third kappa shape index (κ3) is 3.09. The third-order valence-corrected chi connectivity index (χ3v) is 4.32. The SMILES string of the molecule is CN(C)NC1CCOC2(CCSCC2)C1. The standard InChI is InChI=1S/C11H22N2OS/c1-13(2)12-10-3-6-14-11(9-10)4-7-15-8-5-11/h10,12H,3-9H2,1-2H3. The minimum Gasteiger partial charge on any atom is -0.375 e. The molecule has 1 spiro atoms. The van der Waals surface area contributed by atoms with E-state index in [0.29, 0.717) is 6.04 Å². The summed E-state index contributed by atoms with van der Waals surface area (Å²) in [7, 11) is 4.14. The van der Waals surface area contributed by atoms with Crippen LogP contribution in [0.2, 0.25) is 0 Å². The van der Waals surface area contributed by atoms with E-state index < -0.39 is 0 Å². The van der Waals surface area contributed by atoms with Crippen molar-refractivity contribution in [1.29, 1.82) is 0 Å². The van der Waals surface area contributed by atoms with Crippen LogP contribution >= 0.6 is 11.8 Å². The molecule has 2 rings (SSSR count). The fourth-order valence-corrected chi connectivity index (χ4v) is 3.83. The van der Waals surface area contributed by atoms with E-state index in [1.54, 1.807) is 0 Å². The molecule has 88 valence electrons. The van der Waals surface area contributed by atoms with Crippen LogP contribution in [0.15, 0.2) is 0 Å². The lowest BCUT2D eigenvalue weighted by Gasteiger charge is -2.44. The largest absolute Gasteiger partial charge is 0.375 e. The van der Waals surface area contributed by atoms with Crippen LogP contribution in [0.1, 0.15) is 25.7 Å². The molecule has 15 heavy (non-hydrogen) atoms. The molecule has 2 fully saturated rings. The first-order valence-corrected chi connectivity index (χ1v) is 7.01. The molecule has 3 nitrogen and oxygen atoms in total. The van der Waals surface area contributed by atoms with Crippen molar-refractivity contribution < 1.29 is 4.74 Å². The highest BCUT2D eigenvalue weighted by atomic mass is 32.2. The van der Waals surface area contributed by atoms with Gasteiger partial charge < -0.3 is 4.74 Å². The Morgan fingerprint density at radius 2 is 2.07 bits per heavy atom. The van der Waals surface area contributed by atoms with Gasteiger partial charge in [-0.15, -0.1) is 0 Å². The van der Waals surface area contributed by atoms with Gasteiger partial charge in [0.2, 0.25) is 0 Å². The lowest BCUT2D eigenvalue weighted by molar-refractivity contribution is -0.0990. The maximum absolute atomic E-state index is 6.05. The molecular formula is C11H22N2OS. The highest BCUT2D eigenvalue weighted by molar-refractivity contribution is 7.99. The molecule has 0 aliphatic carbocycles. The van der Waals surface area contributed by atoms with Gasteiger partial charge in [-0.25, -0.2) is 0 Å². The normalized spacial score (nSPS) is 31.0. The monoisotopic (exact) mass is 230 g/mol. The van der Waals surface area contributed by atoms with E-state index in [1.807, 2.05) is 0 Å². The Bertz CT molecular complexity index is 199. The molecule has 1 unspecified atom stereocenters. The van der Waals surface area contributed by atoms with Crippen LogP contribution in [0.5, 0.6) is 0 Å². The number of nitrogens with zero attached hydrogens (tertiary/aromatic N) is 1. The average Bonchev–Trinajstić information content (AvgIpc) is 2.17. The van der Waals surface area contributed by atoms with E-state index in [0.717, 1.165) is 13.0 Å². The molecule has 2 heterocycles. The molecule has 0 aromatic carbocycles. The van der Waals surface area contributed by atoms with Gasteiger partial charge in [-0.1, -0.05) is 0 Å². The summed E-state index contributed by atoms with van der Waals surface area (Å²) in [5.74, 6) is 2.55. The summed E-state index contributed by atoms with van der Waals surface area (Å²) in [6.45, 7) is 0.927. The van der Waals surface area contributed by atoms with Gasteiger partial charge in [0.15, 0.2) is 0 Å². The summed E-state index contributed by atoms with van der Waals surface area (Å²) in [4.78, 5) is 0. The zero-order valence-corrected chi connectivity index (χ0v) is 10.6. The van der Waals surface area contributed by atoms with Gasteiger partial charge in [0.05, 0.1) is 5.60 Å². The molecule has 0 radical (unpaired) electrons. The highest BCUT2D eigenvalue weighted by Gasteiger charge is 2.38. The summed E-state index contributed by atoms with van der Waals surface area (Å²) >= 11 is 2.07. The molecule has 0 amide bonds. The number of hydrogen-bond acceptors (Lipinski definition) is 4. The molecule has 2 aliphatic heterocycles. The predicted molar refractivity (Wildman–Crippen MR) is 65.1 cm³/mol. The third-order valence-electron chi connectivity index (χ3n) is 3.34. The lowest BCUT2D eigenvalue weighted by atomic mass is 9.86. The van der Waals surface area contributed by atoms with Crippen molar-refractivity contribution in [2.24, 2.45) is 0 Å². The first-order valence-electron chi connectivity index (χ1n) is 5.85. The number of hydrazine groups is 1. The van der Waals surface area contributed by atoms with Gasteiger partial charge in [0.25, 0.3) is 0 Å². The van der Waals surface area contributed by atoms with Crippen molar-refractivity contribution in [3.8, 4) is 0 Å².